The Kier molecular flexibility index (Phi) is 7.33. The summed E-state index contributed by atoms with van der Waals surface area (Å²) in [4.78, 5) is 0. The van der Waals surface area contributed by atoms with Crippen molar-refractivity contribution >= 4 is 32.3 Å². The third kappa shape index (κ3) is 5.29. The van der Waals surface area contributed by atoms with E-state index in [4.69, 9.17) is 0 Å². The molecule has 0 unspecified atom stereocenters. The van der Waals surface area contributed by atoms with Crippen LogP contribution in [0.1, 0.15) is 11.1 Å². The summed E-state index contributed by atoms with van der Waals surface area (Å²) in [5, 5.41) is 7.71. The second-order valence-electron chi connectivity index (χ2n) is 12.8. The smallest absolute Gasteiger partial charge is 0.000728 e. The van der Waals surface area contributed by atoms with Gasteiger partial charge in [0.15, 0.2) is 0 Å². The number of hydrogen-bond acceptors (Lipinski definition) is 0. The summed E-state index contributed by atoms with van der Waals surface area (Å²) in [6.07, 6.45) is 0.834. The lowest BCUT2D eigenvalue weighted by molar-refractivity contribution is 1.23. The molecule has 49 heavy (non-hydrogen) atoms. The zero-order chi connectivity index (χ0) is 32.6. The molecule has 0 aliphatic rings. The molecule has 0 spiro atoms. The molecule has 0 aromatic heterocycles. The molecule has 0 amide bonds. The maximum atomic E-state index is 2.37. The molecule has 0 aliphatic heterocycles. The van der Waals surface area contributed by atoms with Crippen LogP contribution in [0.5, 0.6) is 0 Å². The molecule has 0 radical (unpaired) electrons. The zero-order valence-electron chi connectivity index (χ0n) is 27.2. The minimum atomic E-state index is 0.834. The van der Waals surface area contributed by atoms with Crippen LogP contribution in [0.2, 0.25) is 0 Å². The van der Waals surface area contributed by atoms with Gasteiger partial charge in [-0.25, -0.2) is 0 Å². The van der Waals surface area contributed by atoms with Gasteiger partial charge in [-0.05, 0) is 107 Å². The standard InChI is InChI=1S/C49H34/c1-3-15-34(16-4-1)37-21-13-22-39(31-37)41-23-8-7-19-40(41)33-48-42-24-9-11-26-44(42)49(45-27-12-10-25-43(45)48)46-28-14-20-36-29-30-38(32-47(36)46)35-17-5-2-6-18-35/h1-32H,33H2. The van der Waals surface area contributed by atoms with E-state index in [9.17, 15) is 0 Å². The lowest BCUT2D eigenvalue weighted by atomic mass is 9.84. The Morgan fingerprint density at radius 3 is 1.49 bits per heavy atom. The lowest BCUT2D eigenvalue weighted by Gasteiger charge is -2.20. The average Bonchev–Trinajstić information content (AvgIpc) is 3.18. The molecule has 230 valence electrons. The van der Waals surface area contributed by atoms with E-state index in [1.165, 1.54) is 88.0 Å². The Balaban J connectivity index is 1.24. The van der Waals surface area contributed by atoms with Crippen LogP contribution in [0, 0.1) is 0 Å². The van der Waals surface area contributed by atoms with Gasteiger partial charge in [0.2, 0.25) is 0 Å². The Bertz CT molecular complexity index is 2550. The quantitative estimate of drug-likeness (QED) is 0.162. The molecule has 9 rings (SSSR count). The van der Waals surface area contributed by atoms with Crippen molar-refractivity contribution in [2.45, 2.75) is 6.42 Å². The van der Waals surface area contributed by atoms with Crippen molar-refractivity contribution in [1.29, 1.82) is 0 Å². The van der Waals surface area contributed by atoms with Crippen molar-refractivity contribution in [3.05, 3.63) is 205 Å². The first-order valence-electron chi connectivity index (χ1n) is 17.1. The van der Waals surface area contributed by atoms with Gasteiger partial charge < -0.3 is 0 Å². The number of hydrogen-bond donors (Lipinski definition) is 0. The topological polar surface area (TPSA) is 0 Å². The monoisotopic (exact) mass is 622 g/mol. The van der Waals surface area contributed by atoms with Gasteiger partial charge in [0.25, 0.3) is 0 Å². The van der Waals surface area contributed by atoms with E-state index in [2.05, 4.69) is 194 Å². The van der Waals surface area contributed by atoms with Crippen molar-refractivity contribution in [2.24, 2.45) is 0 Å². The van der Waals surface area contributed by atoms with E-state index in [1.807, 2.05) is 0 Å². The van der Waals surface area contributed by atoms with Crippen LogP contribution in [0.4, 0.5) is 0 Å². The fraction of sp³-hybridized carbons (Fsp3) is 0.0204. The molecular formula is C49H34. The first-order chi connectivity index (χ1) is 24.3. The predicted octanol–water partition coefficient (Wildman–Crippen LogP) is 13.4. The molecule has 0 atom stereocenters. The molecule has 0 heterocycles. The van der Waals surface area contributed by atoms with Gasteiger partial charge in [-0.15, -0.1) is 0 Å². The minimum Gasteiger partial charge on any atom is -0.0622 e. The summed E-state index contributed by atoms with van der Waals surface area (Å²) in [6, 6.07) is 70.9. The fourth-order valence-electron chi connectivity index (χ4n) is 7.64. The van der Waals surface area contributed by atoms with Crippen LogP contribution in [0.25, 0.3) is 76.8 Å². The van der Waals surface area contributed by atoms with Crippen molar-refractivity contribution in [3.8, 4) is 44.5 Å². The lowest BCUT2D eigenvalue weighted by Crippen LogP contribution is -1.97. The van der Waals surface area contributed by atoms with Gasteiger partial charge in [-0.2, -0.15) is 0 Å². The van der Waals surface area contributed by atoms with Crippen molar-refractivity contribution in [1.82, 2.24) is 0 Å². The Labute approximate surface area is 287 Å². The SMILES string of the molecule is c1ccc(-c2cccc(-c3ccccc3Cc3c4ccccc4c(-c4cccc5ccc(-c6ccccc6)cc45)c4ccccc34)c2)cc1. The first kappa shape index (κ1) is 28.9. The van der Waals surface area contributed by atoms with E-state index < -0.39 is 0 Å². The predicted molar refractivity (Wildman–Crippen MR) is 210 cm³/mol. The average molecular weight is 623 g/mol. The Hall–Kier alpha value is -6.24. The molecule has 0 saturated heterocycles. The third-order valence-electron chi connectivity index (χ3n) is 9.97. The molecule has 9 aromatic carbocycles. The summed E-state index contributed by atoms with van der Waals surface area (Å²) in [5.41, 5.74) is 12.7. The highest BCUT2D eigenvalue weighted by Gasteiger charge is 2.18. The zero-order valence-corrected chi connectivity index (χ0v) is 27.2. The highest BCUT2D eigenvalue weighted by atomic mass is 14.2. The van der Waals surface area contributed by atoms with Gasteiger partial charge in [0, 0.05) is 0 Å². The number of rotatable bonds is 6. The van der Waals surface area contributed by atoms with E-state index in [1.54, 1.807) is 0 Å². The van der Waals surface area contributed by atoms with E-state index in [-0.39, 0.29) is 0 Å². The largest absolute Gasteiger partial charge is 0.0622 e. The van der Waals surface area contributed by atoms with Crippen molar-refractivity contribution < 1.29 is 0 Å². The summed E-state index contributed by atoms with van der Waals surface area (Å²) in [7, 11) is 0. The highest BCUT2D eigenvalue weighted by Crippen LogP contribution is 2.43. The van der Waals surface area contributed by atoms with E-state index >= 15 is 0 Å². The molecule has 0 N–H and O–H groups in total. The van der Waals surface area contributed by atoms with Crippen LogP contribution in [0.3, 0.4) is 0 Å². The minimum absolute atomic E-state index is 0.834. The van der Waals surface area contributed by atoms with Gasteiger partial charge in [0.1, 0.15) is 0 Å². The van der Waals surface area contributed by atoms with E-state index in [0.717, 1.165) is 6.42 Å². The Morgan fingerprint density at radius 2 is 0.796 bits per heavy atom. The molecular weight excluding hydrogens is 589 g/mol. The fourth-order valence-corrected chi connectivity index (χ4v) is 7.64. The van der Waals surface area contributed by atoms with E-state index in [0.29, 0.717) is 0 Å². The van der Waals surface area contributed by atoms with Crippen LogP contribution in [0.15, 0.2) is 194 Å². The Morgan fingerprint density at radius 1 is 0.286 bits per heavy atom. The van der Waals surface area contributed by atoms with Gasteiger partial charge in [-0.1, -0.05) is 182 Å². The molecule has 0 fully saturated rings. The number of fused-ring (bicyclic) bond motifs is 3. The molecule has 0 heteroatoms. The molecule has 0 bridgehead atoms. The first-order valence-corrected chi connectivity index (χ1v) is 17.1. The van der Waals surface area contributed by atoms with Gasteiger partial charge >= 0.3 is 0 Å². The summed E-state index contributed by atoms with van der Waals surface area (Å²) in [6.45, 7) is 0. The normalized spacial score (nSPS) is 11.3. The molecule has 9 aromatic rings. The maximum Gasteiger partial charge on any atom is -0.000728 e. The second kappa shape index (κ2) is 12.4. The summed E-state index contributed by atoms with van der Waals surface area (Å²) >= 11 is 0. The molecule has 0 saturated carbocycles. The van der Waals surface area contributed by atoms with Crippen LogP contribution in [-0.2, 0) is 6.42 Å². The third-order valence-corrected chi connectivity index (χ3v) is 9.97. The molecule has 0 nitrogen and oxygen atoms in total. The summed E-state index contributed by atoms with van der Waals surface area (Å²) < 4.78 is 0. The van der Waals surface area contributed by atoms with Crippen LogP contribution in [-0.4, -0.2) is 0 Å². The molecule has 0 aliphatic carbocycles. The van der Waals surface area contributed by atoms with Gasteiger partial charge in [-0.3, -0.25) is 0 Å². The van der Waals surface area contributed by atoms with Gasteiger partial charge in [0.05, 0.1) is 0 Å². The van der Waals surface area contributed by atoms with Crippen LogP contribution >= 0.6 is 0 Å². The number of benzene rings is 9. The van der Waals surface area contributed by atoms with Crippen molar-refractivity contribution in [2.75, 3.05) is 0 Å². The summed E-state index contributed by atoms with van der Waals surface area (Å²) in [5.74, 6) is 0. The second-order valence-corrected chi connectivity index (χ2v) is 12.8. The van der Waals surface area contributed by atoms with Crippen molar-refractivity contribution in [3.63, 3.8) is 0 Å². The van der Waals surface area contributed by atoms with Crippen LogP contribution < -0.4 is 0 Å². The highest BCUT2D eigenvalue weighted by molar-refractivity contribution is 6.19. The maximum absolute atomic E-state index is 2.37.